The van der Waals surface area contributed by atoms with Crippen molar-refractivity contribution >= 4 is 0 Å². The summed E-state index contributed by atoms with van der Waals surface area (Å²) in [5.41, 5.74) is 10.9. The van der Waals surface area contributed by atoms with Crippen LogP contribution in [-0.4, -0.2) is 6.17 Å². The van der Waals surface area contributed by atoms with Gasteiger partial charge in [-0.2, -0.15) is 0 Å². The maximum Gasteiger partial charge on any atom is 0.0520 e. The zero-order chi connectivity index (χ0) is 10.1. The van der Waals surface area contributed by atoms with Crippen LogP contribution in [0.5, 0.6) is 0 Å². The van der Waals surface area contributed by atoms with Gasteiger partial charge in [0.25, 0.3) is 0 Å². The fourth-order valence-electron chi connectivity index (χ4n) is 1.57. The molecule has 0 aliphatic carbocycles. The second-order valence-electron chi connectivity index (χ2n) is 4.20. The molecule has 0 radical (unpaired) electrons. The minimum absolute atomic E-state index is 0.106. The van der Waals surface area contributed by atoms with Crippen molar-refractivity contribution in [1.82, 2.24) is 0 Å². The normalized spacial score (nSPS) is 13.6. The van der Waals surface area contributed by atoms with Crippen molar-refractivity contribution in [2.45, 2.75) is 65.0 Å². The molecule has 0 bridgehead atoms. The molecule has 0 fully saturated rings. The van der Waals surface area contributed by atoms with Gasteiger partial charge >= 0.3 is 0 Å². The number of rotatable bonds is 8. The van der Waals surface area contributed by atoms with Gasteiger partial charge in [-0.05, 0) is 12.3 Å². The Morgan fingerprint density at radius 2 is 1.46 bits per heavy atom. The van der Waals surface area contributed by atoms with E-state index in [1.165, 1.54) is 38.5 Å². The SMILES string of the molecule is CCCCC(C)CCCCC(N)N. The largest absolute Gasteiger partial charge is 0.316 e. The quantitative estimate of drug-likeness (QED) is 0.452. The summed E-state index contributed by atoms with van der Waals surface area (Å²) in [5.74, 6) is 0.883. The predicted molar refractivity (Wildman–Crippen MR) is 59.3 cm³/mol. The first-order valence-corrected chi connectivity index (χ1v) is 5.68. The molecule has 0 aromatic rings. The number of hydrogen-bond donors (Lipinski definition) is 2. The van der Waals surface area contributed by atoms with Crippen molar-refractivity contribution in [3.63, 3.8) is 0 Å². The van der Waals surface area contributed by atoms with Crippen LogP contribution >= 0.6 is 0 Å². The Morgan fingerprint density at radius 3 is 2.00 bits per heavy atom. The van der Waals surface area contributed by atoms with Crippen LogP contribution in [0.15, 0.2) is 0 Å². The lowest BCUT2D eigenvalue weighted by atomic mass is 9.97. The molecule has 2 heteroatoms. The van der Waals surface area contributed by atoms with Gasteiger partial charge in [0.1, 0.15) is 0 Å². The summed E-state index contributed by atoms with van der Waals surface area (Å²) >= 11 is 0. The second kappa shape index (κ2) is 8.52. The lowest BCUT2D eigenvalue weighted by Gasteiger charge is -2.10. The van der Waals surface area contributed by atoms with Crippen LogP contribution in [0.3, 0.4) is 0 Å². The van der Waals surface area contributed by atoms with Gasteiger partial charge in [0, 0.05) is 0 Å². The molecule has 1 unspecified atom stereocenters. The lowest BCUT2D eigenvalue weighted by molar-refractivity contribution is 0.438. The van der Waals surface area contributed by atoms with Crippen molar-refractivity contribution in [3.05, 3.63) is 0 Å². The van der Waals surface area contributed by atoms with E-state index in [1.807, 2.05) is 0 Å². The molecule has 0 saturated heterocycles. The molecule has 0 heterocycles. The van der Waals surface area contributed by atoms with Gasteiger partial charge in [0.2, 0.25) is 0 Å². The highest BCUT2D eigenvalue weighted by Crippen LogP contribution is 2.15. The molecule has 1 atom stereocenters. The van der Waals surface area contributed by atoms with E-state index in [0.29, 0.717) is 0 Å². The van der Waals surface area contributed by atoms with Crippen LogP contribution in [0.4, 0.5) is 0 Å². The summed E-state index contributed by atoms with van der Waals surface area (Å²) in [7, 11) is 0. The number of nitrogens with two attached hydrogens (primary N) is 2. The first kappa shape index (κ1) is 12.9. The monoisotopic (exact) mass is 186 g/mol. The average molecular weight is 186 g/mol. The molecular weight excluding hydrogens is 160 g/mol. The zero-order valence-corrected chi connectivity index (χ0v) is 9.26. The molecule has 0 aliphatic heterocycles. The Morgan fingerprint density at radius 1 is 0.923 bits per heavy atom. The van der Waals surface area contributed by atoms with E-state index in [2.05, 4.69) is 13.8 Å². The second-order valence-corrected chi connectivity index (χ2v) is 4.20. The minimum Gasteiger partial charge on any atom is -0.316 e. The Bertz CT molecular complexity index is 102. The molecule has 0 aromatic carbocycles. The fraction of sp³-hybridized carbons (Fsp3) is 1.00. The van der Waals surface area contributed by atoms with Gasteiger partial charge in [-0.1, -0.05) is 52.4 Å². The van der Waals surface area contributed by atoms with Crippen molar-refractivity contribution in [2.24, 2.45) is 17.4 Å². The molecule has 2 nitrogen and oxygen atoms in total. The van der Waals surface area contributed by atoms with Crippen LogP contribution in [0.1, 0.15) is 58.8 Å². The van der Waals surface area contributed by atoms with Gasteiger partial charge in [-0.15, -0.1) is 0 Å². The van der Waals surface area contributed by atoms with E-state index < -0.39 is 0 Å². The van der Waals surface area contributed by atoms with Gasteiger partial charge in [-0.25, -0.2) is 0 Å². The molecule has 0 amide bonds. The zero-order valence-electron chi connectivity index (χ0n) is 9.26. The Balaban J connectivity index is 3.12. The third kappa shape index (κ3) is 9.84. The van der Waals surface area contributed by atoms with Crippen molar-refractivity contribution in [1.29, 1.82) is 0 Å². The maximum atomic E-state index is 5.47. The molecule has 4 N–H and O–H groups in total. The summed E-state index contributed by atoms with van der Waals surface area (Å²) < 4.78 is 0. The molecule has 13 heavy (non-hydrogen) atoms. The molecule has 0 rings (SSSR count). The van der Waals surface area contributed by atoms with Crippen molar-refractivity contribution < 1.29 is 0 Å². The van der Waals surface area contributed by atoms with Crippen LogP contribution in [0.25, 0.3) is 0 Å². The van der Waals surface area contributed by atoms with Gasteiger partial charge in [0.05, 0.1) is 6.17 Å². The number of unbranched alkanes of at least 4 members (excludes halogenated alkanes) is 2. The highest BCUT2D eigenvalue weighted by Gasteiger charge is 2.01. The van der Waals surface area contributed by atoms with Gasteiger partial charge < -0.3 is 11.5 Å². The molecular formula is C11H26N2. The van der Waals surface area contributed by atoms with Crippen molar-refractivity contribution in [3.8, 4) is 0 Å². The van der Waals surface area contributed by atoms with Crippen LogP contribution < -0.4 is 11.5 Å². The molecule has 0 saturated carbocycles. The molecule has 80 valence electrons. The Kier molecular flexibility index (Phi) is 8.46. The summed E-state index contributed by atoms with van der Waals surface area (Å²) in [6.07, 6.45) is 8.75. The van der Waals surface area contributed by atoms with E-state index >= 15 is 0 Å². The highest BCUT2D eigenvalue weighted by atomic mass is 14.8. The summed E-state index contributed by atoms with van der Waals surface area (Å²) in [6, 6.07) is 0. The Hall–Kier alpha value is -0.0800. The average Bonchev–Trinajstić information content (AvgIpc) is 2.08. The third-order valence-corrected chi connectivity index (χ3v) is 2.53. The topological polar surface area (TPSA) is 52.0 Å². The van der Waals surface area contributed by atoms with Gasteiger partial charge in [0.15, 0.2) is 0 Å². The van der Waals surface area contributed by atoms with Crippen molar-refractivity contribution in [2.75, 3.05) is 0 Å². The summed E-state index contributed by atoms with van der Waals surface area (Å²) in [5, 5.41) is 0. The maximum absolute atomic E-state index is 5.47. The van der Waals surface area contributed by atoms with Crippen LogP contribution in [-0.2, 0) is 0 Å². The van der Waals surface area contributed by atoms with E-state index in [4.69, 9.17) is 11.5 Å². The molecule has 0 spiro atoms. The number of hydrogen-bond acceptors (Lipinski definition) is 2. The Labute approximate surface area is 83.1 Å². The third-order valence-electron chi connectivity index (χ3n) is 2.53. The van der Waals surface area contributed by atoms with Crippen LogP contribution in [0.2, 0.25) is 0 Å². The predicted octanol–water partition coefficient (Wildman–Crippen LogP) is 2.62. The smallest absolute Gasteiger partial charge is 0.0520 e. The fourth-order valence-corrected chi connectivity index (χ4v) is 1.57. The standard InChI is InChI=1S/C11H26N2/c1-3-4-7-10(2)8-5-6-9-11(12)13/h10-11H,3-9,12-13H2,1-2H3. The molecule has 0 aromatic heterocycles. The van der Waals surface area contributed by atoms with Gasteiger partial charge in [-0.3, -0.25) is 0 Å². The van der Waals surface area contributed by atoms with Crippen LogP contribution in [0, 0.1) is 5.92 Å². The van der Waals surface area contributed by atoms with E-state index in [1.54, 1.807) is 0 Å². The summed E-state index contributed by atoms with van der Waals surface area (Å²) in [6.45, 7) is 4.60. The first-order valence-electron chi connectivity index (χ1n) is 5.68. The molecule has 0 aliphatic rings. The lowest BCUT2D eigenvalue weighted by Crippen LogP contribution is -2.29. The first-order chi connectivity index (χ1) is 6.16. The van der Waals surface area contributed by atoms with E-state index in [-0.39, 0.29) is 6.17 Å². The summed E-state index contributed by atoms with van der Waals surface area (Å²) in [4.78, 5) is 0. The highest BCUT2D eigenvalue weighted by molar-refractivity contribution is 4.56. The van der Waals surface area contributed by atoms with E-state index in [0.717, 1.165) is 12.3 Å². The minimum atomic E-state index is -0.106. The van der Waals surface area contributed by atoms with E-state index in [9.17, 15) is 0 Å².